The van der Waals surface area contributed by atoms with E-state index in [-0.39, 0.29) is 323 Å². The van der Waals surface area contributed by atoms with Gasteiger partial charge in [-0.2, -0.15) is 0 Å². The fourth-order valence-electron chi connectivity index (χ4n) is 14.5. The van der Waals surface area contributed by atoms with Crippen LogP contribution in [0.5, 0.6) is 0 Å². The third-order valence-corrected chi connectivity index (χ3v) is 30.7. The molecule has 0 saturated heterocycles. The maximum atomic E-state index is 11.6. The first kappa shape index (κ1) is 142. The number of hydrogen-bond acceptors (Lipinski definition) is 11. The molecule has 0 aliphatic carbocycles. The first-order chi connectivity index (χ1) is 60.3. The van der Waals surface area contributed by atoms with Crippen LogP contribution in [0.15, 0.2) is 301 Å². The normalized spacial score (nSPS) is 13.9. The molecule has 6 atom stereocenters. The van der Waals surface area contributed by atoms with Gasteiger partial charge in [-0.25, -0.2) is 0 Å². The van der Waals surface area contributed by atoms with Gasteiger partial charge in [-0.05, 0) is 184 Å². The fourth-order valence-corrected chi connectivity index (χ4v) is 24.8. The molecular weight excluding hydrogens is 2280 g/mol. The molecule has 7 N–H and O–H groups in total. The number of nitro groups is 3. The summed E-state index contributed by atoms with van der Waals surface area (Å²) in [6.07, 6.45) is 4.98. The molecule has 12 aromatic rings. The Morgan fingerprint density at radius 2 is 0.555 bits per heavy atom. The van der Waals surface area contributed by atoms with Gasteiger partial charge in [0, 0.05) is 295 Å². The third-order valence-electron chi connectivity index (χ3n) is 19.5. The summed E-state index contributed by atoms with van der Waals surface area (Å²) in [6.45, 7) is 28.2. The van der Waals surface area contributed by atoms with Gasteiger partial charge < -0.3 is 72.0 Å². The van der Waals surface area contributed by atoms with Gasteiger partial charge in [0.2, 0.25) is 17.7 Å². The van der Waals surface area contributed by atoms with Crippen molar-refractivity contribution in [2.24, 2.45) is 0 Å². The third kappa shape index (κ3) is 36.5. The fraction of sp³-hybridized carbons (Fsp3) is 0.194. The average Bonchev–Trinajstić information content (AvgIpc) is 0.752. The van der Waals surface area contributed by atoms with Gasteiger partial charge in [0.15, 0.2) is 0 Å². The molecule has 0 saturated carbocycles. The second-order valence-corrected chi connectivity index (χ2v) is 37.0. The van der Waals surface area contributed by atoms with E-state index in [1.807, 2.05) is 186 Å². The number of nitrogen functional groups attached to an aromatic ring is 2. The molecule has 6 heterocycles. The first-order valence-corrected chi connectivity index (χ1v) is 50.0. The van der Waals surface area contributed by atoms with E-state index in [2.05, 4.69) is 160 Å². The smallest absolute Gasteiger partial charge is 0.306 e. The Kier molecular flexibility index (Phi) is 74.2. The Hall–Kier alpha value is -5.21. The molecule has 17 nitrogen and oxygen atoms in total. The van der Waals surface area contributed by atoms with Gasteiger partial charge in [-0.15, -0.1) is 62.9 Å². The van der Waals surface area contributed by atoms with Crippen molar-refractivity contribution in [3.63, 3.8) is 0 Å². The number of nitro benzene ring substituents is 3. The van der Waals surface area contributed by atoms with Crippen LogP contribution >= 0.6 is 62.9 Å². The summed E-state index contributed by atoms with van der Waals surface area (Å²) in [5.74, 6) is 24.7. The summed E-state index contributed by atoms with van der Waals surface area (Å²) in [7, 11) is -1.89. The molecule has 6 unspecified atom stereocenters. The molecule has 0 aromatic heterocycles. The number of fused-ring (bicyclic) bond motifs is 12. The van der Waals surface area contributed by atoms with Crippen molar-refractivity contribution in [1.82, 2.24) is 0 Å². The number of carbonyl (C=O) groups excluding carboxylic acids is 3. The first-order valence-electron chi connectivity index (χ1n) is 41.6. The minimum absolute atomic E-state index is 0. The van der Waals surface area contributed by atoms with Crippen molar-refractivity contribution in [2.75, 3.05) is 27.4 Å². The number of benzene rings is 12. The Balaban J connectivity index is -0.000000362. The average molecular weight is 2410 g/mol. The molecule has 29 heteroatoms. The molecule has 0 fully saturated rings. The molecular formula is C108H134N8O9S6Y6-6. The number of nitrogens with two attached hydrogens (primary N) is 2. The van der Waals surface area contributed by atoms with Gasteiger partial charge in [0.25, 0.3) is 11.4 Å². The molecule has 3 amide bonds. The van der Waals surface area contributed by atoms with Crippen LogP contribution in [0.25, 0.3) is 0 Å². The summed E-state index contributed by atoms with van der Waals surface area (Å²) >= 11 is 0. The topological polar surface area (TPSA) is 269 Å². The van der Waals surface area contributed by atoms with Crippen LogP contribution in [0.3, 0.4) is 0 Å². The van der Waals surface area contributed by atoms with E-state index < -0.39 is 41.3 Å². The summed E-state index contributed by atoms with van der Waals surface area (Å²) in [5, 5.41) is 41.9. The van der Waals surface area contributed by atoms with E-state index in [1.165, 1.54) is 89.1 Å². The van der Waals surface area contributed by atoms with Crippen LogP contribution in [-0.2, 0) is 249 Å². The monoisotopic (exact) mass is 2410 g/mol. The maximum Gasteiger partial charge on any atom is 0.306 e. The number of anilines is 5. The Labute approximate surface area is 985 Å². The molecule has 6 aliphatic rings. The maximum absolute atomic E-state index is 11.6. The van der Waals surface area contributed by atoms with Gasteiger partial charge >= 0.3 is 5.69 Å². The Morgan fingerprint density at radius 1 is 0.277 bits per heavy atom. The molecule has 720 valence electrons. The Morgan fingerprint density at radius 3 is 0.927 bits per heavy atom. The Bertz CT molecular complexity index is 6110. The van der Waals surface area contributed by atoms with E-state index in [0.717, 1.165) is 95.0 Å². The molecule has 137 heavy (non-hydrogen) atoms. The molecule has 0 spiro atoms. The van der Waals surface area contributed by atoms with Crippen molar-refractivity contribution >= 4 is 161 Å². The van der Waals surface area contributed by atoms with Crippen molar-refractivity contribution in [3.05, 3.63) is 384 Å². The van der Waals surface area contributed by atoms with E-state index >= 15 is 0 Å². The van der Waals surface area contributed by atoms with Gasteiger partial charge in [-0.3, -0.25) is 44.7 Å². The van der Waals surface area contributed by atoms with Gasteiger partial charge in [-0.1, -0.05) is 270 Å². The predicted octanol–water partition coefficient (Wildman–Crippen LogP) is 29.9. The van der Waals surface area contributed by atoms with Crippen molar-refractivity contribution in [1.29, 1.82) is 0 Å². The zero-order valence-electron chi connectivity index (χ0n) is 83.7. The molecule has 6 aliphatic heterocycles. The van der Waals surface area contributed by atoms with Crippen molar-refractivity contribution in [2.45, 2.75) is 201 Å². The van der Waals surface area contributed by atoms with Crippen molar-refractivity contribution in [3.8, 4) is 0 Å². The summed E-state index contributed by atoms with van der Waals surface area (Å²) < 4.78 is 0. The second kappa shape index (κ2) is 71.3. The number of amides is 3. The van der Waals surface area contributed by atoms with E-state index in [4.69, 9.17) is 11.5 Å². The minimum Gasteiger partial charge on any atom is -0.399 e. The van der Waals surface area contributed by atoms with Gasteiger partial charge in [0.1, 0.15) is 11.4 Å². The van der Waals surface area contributed by atoms with Gasteiger partial charge in [0.05, 0.1) is 24.6 Å². The SMILES string of the molecule is C=S1c2ccccc2Cc2cc([N+](=O)[O-])c(NC(C)=O)cc21.C=S1c2ccccc2Cc2ccc(N)cc21.C=S1c2ccccc2Cc2ccc(NC(C)=O)c([N+](=O)[O-])c21.C=S1c2ccccc2Cc2ccc(NC(C)=O)cc21.C=S1c2ccccc2Cc2cccc(N)c21.C=S1c2ccccc2Cc2cccc([N+](=O)[O-])c21.CC.CC.CC.CC.CC.CC.[CH3-].[CH3-].[CH3-].[CH3-].[CH3-].[CH3-].[Y].[Y].[Y].[Y].[Y].[Y]. The van der Waals surface area contributed by atoms with E-state index in [0.29, 0.717) is 17.7 Å². The van der Waals surface area contributed by atoms with Crippen LogP contribution in [0, 0.1) is 74.9 Å². The number of rotatable bonds is 6. The predicted molar refractivity (Wildman–Crippen MR) is 580 cm³/mol. The van der Waals surface area contributed by atoms with Crippen LogP contribution in [0.2, 0.25) is 0 Å². The number of carbonyl (C=O) groups is 3. The largest absolute Gasteiger partial charge is 0.399 e. The number of hydrogen-bond donors (Lipinski definition) is 5. The summed E-state index contributed by atoms with van der Waals surface area (Å²) in [5.41, 5.74) is 29.5. The van der Waals surface area contributed by atoms with Crippen LogP contribution < -0.4 is 27.4 Å². The van der Waals surface area contributed by atoms with Crippen LogP contribution in [0.4, 0.5) is 45.5 Å². The summed E-state index contributed by atoms with van der Waals surface area (Å²) in [6, 6.07) is 79.9. The van der Waals surface area contributed by atoms with E-state index in [1.54, 1.807) is 30.3 Å². The minimum atomic E-state index is -0.640. The number of nitrogens with zero attached hydrogens (tertiary/aromatic N) is 3. The second-order valence-electron chi connectivity index (χ2n) is 27.1. The zero-order chi connectivity index (χ0) is 92.1. The van der Waals surface area contributed by atoms with Crippen LogP contribution in [0.1, 0.15) is 171 Å². The molecule has 12 aromatic carbocycles. The van der Waals surface area contributed by atoms with Crippen LogP contribution in [-0.4, -0.2) is 67.7 Å². The molecule has 6 radical (unpaired) electrons. The standard InChI is InChI=1S/2C16H14N2O3S.C16H15NOS.C14H11NO2S.2C14H13NS.6C2H6.6CH3.6Y/c1-10(19)17-13-9-16-12(8-14(13)18(20)21)7-11-5-3-4-6-15(11)22(16)2;1-10(19)17-13-8-7-12-9-11-5-3-4-6-14(11)22(2)16(12)15(13)18(20)21;1-11(18)17-14-8-7-13-9-12-5-3-4-6-15(12)19(2)16(13)10-14;1-18-13-8-3-2-5-10(13)9-11-6-4-7-12(14(11)18)15(16)17;1-16-13-8-3-2-5-10(13)9-11-6-4-7-12(15)14(11)16;1-16-13-5-3-2-4-10(13)8-11-6-7-12(15)9-14(11)16;6*1-2;;;;;;;;;;;;/h3-6,8-9H,2,7H2,1H3,(H,17,19);3-8H,2,9H2,1H3,(H,17,19);3-8,10H,2,9H2,1H3,(H,17,18);2-8H,1,9H2;2-8H,1,9,15H2;2-7,9H,1,8,15H2;6*1-2H3;6*1H3;;;;;;/q;;;;;;;;;;;;6*-1;;;;;;. The molecule has 0 bridgehead atoms. The molecule has 18 rings (SSSR count). The van der Waals surface area contributed by atoms with Crippen molar-refractivity contribution < 1.29 is 225 Å². The number of nitrogens with one attached hydrogen (secondary N) is 3. The summed E-state index contributed by atoms with van der Waals surface area (Å²) in [4.78, 5) is 79.9. The zero-order valence-corrected chi connectivity index (χ0v) is 106. The quantitative estimate of drug-likeness (QED) is 0.0343. The van der Waals surface area contributed by atoms with E-state index in [9.17, 15) is 44.7 Å².